The molecule has 10 heteroatoms. The van der Waals surface area contributed by atoms with Crippen molar-refractivity contribution in [2.45, 2.75) is 38.3 Å². The molecule has 1 amide bonds. The molecule has 8 nitrogen and oxygen atoms in total. The minimum Gasteiger partial charge on any atom is -0.379 e. The molecular formula is C24H23FN2O6S. The molecule has 3 aromatic rings. The van der Waals surface area contributed by atoms with Crippen LogP contribution in [0.25, 0.3) is 0 Å². The van der Waals surface area contributed by atoms with Crippen molar-refractivity contribution in [1.82, 2.24) is 4.90 Å². The molecule has 0 bridgehead atoms. The van der Waals surface area contributed by atoms with Crippen LogP contribution in [0, 0.1) is 22.9 Å². The monoisotopic (exact) mass is 486 g/mol. The zero-order chi connectivity index (χ0) is 25.0. The van der Waals surface area contributed by atoms with Crippen LogP contribution in [-0.2, 0) is 16.7 Å². The maximum Gasteiger partial charge on any atom is 0.339 e. The van der Waals surface area contributed by atoms with E-state index in [1.165, 1.54) is 24.3 Å². The quantitative estimate of drug-likeness (QED) is 0.256. The number of nitro groups is 1. The average molecular weight is 487 g/mol. The molecule has 0 atom stereocenters. The van der Waals surface area contributed by atoms with Gasteiger partial charge < -0.3 is 9.08 Å². The first-order valence-electron chi connectivity index (χ1n) is 10.3. The molecule has 0 aromatic heterocycles. The normalized spacial score (nSPS) is 11.3. The van der Waals surface area contributed by atoms with Crippen molar-refractivity contribution < 1.29 is 26.7 Å². The highest BCUT2D eigenvalue weighted by Crippen LogP contribution is 2.23. The van der Waals surface area contributed by atoms with Crippen LogP contribution in [0.2, 0.25) is 0 Å². The van der Waals surface area contributed by atoms with Crippen LogP contribution >= 0.6 is 0 Å². The fraction of sp³-hybridized carbons (Fsp3) is 0.208. The first kappa shape index (κ1) is 24.8. The Morgan fingerprint density at radius 3 is 2.24 bits per heavy atom. The highest BCUT2D eigenvalue weighted by atomic mass is 32.2. The first-order chi connectivity index (χ1) is 16.0. The molecule has 0 saturated heterocycles. The lowest BCUT2D eigenvalue weighted by atomic mass is 10.1. The summed E-state index contributed by atoms with van der Waals surface area (Å²) in [6.45, 7) is 5.45. The lowest BCUT2D eigenvalue weighted by Gasteiger charge is -2.27. The Labute approximate surface area is 196 Å². The van der Waals surface area contributed by atoms with Gasteiger partial charge in [0.05, 0.1) is 4.92 Å². The molecule has 0 saturated carbocycles. The molecule has 0 spiro atoms. The molecule has 0 aliphatic heterocycles. The standard InChI is InChI=1S/C24H23FN2O6S/c1-16(2)26(24(28)19-7-4-17(3)23(14-19)27(29)30)15-18-5-10-21(11-6-18)33-34(31,32)22-12-8-20(25)9-13-22/h4-14,16H,15H2,1-3H3. The summed E-state index contributed by atoms with van der Waals surface area (Å²) in [4.78, 5) is 25.2. The molecular weight excluding hydrogens is 463 g/mol. The van der Waals surface area contributed by atoms with Crippen LogP contribution in [0.15, 0.2) is 71.6 Å². The summed E-state index contributed by atoms with van der Waals surface area (Å²) in [5.41, 5.74) is 1.24. The number of carbonyl (C=O) groups excluding carboxylic acids is 1. The van der Waals surface area contributed by atoms with E-state index in [0.29, 0.717) is 11.1 Å². The lowest BCUT2D eigenvalue weighted by Crippen LogP contribution is -2.36. The fourth-order valence-corrected chi connectivity index (χ4v) is 4.15. The number of nitrogens with zero attached hydrogens (tertiary/aromatic N) is 2. The van der Waals surface area contributed by atoms with Gasteiger partial charge in [-0.1, -0.05) is 18.2 Å². The van der Waals surface area contributed by atoms with Crippen LogP contribution in [0.4, 0.5) is 10.1 Å². The van der Waals surface area contributed by atoms with Crippen molar-refractivity contribution in [3.63, 3.8) is 0 Å². The summed E-state index contributed by atoms with van der Waals surface area (Å²) in [6, 6.07) is 14.6. The second-order valence-corrected chi connectivity index (χ2v) is 9.47. The Kier molecular flexibility index (Phi) is 7.31. The number of hydrogen-bond acceptors (Lipinski definition) is 6. The molecule has 0 aliphatic carbocycles. The van der Waals surface area contributed by atoms with E-state index in [1.54, 1.807) is 30.0 Å². The second-order valence-electron chi connectivity index (χ2n) is 7.92. The van der Waals surface area contributed by atoms with Crippen LogP contribution in [0.3, 0.4) is 0 Å². The van der Waals surface area contributed by atoms with Gasteiger partial charge in [0.25, 0.3) is 11.6 Å². The molecule has 0 radical (unpaired) electrons. The van der Waals surface area contributed by atoms with E-state index >= 15 is 0 Å². The number of carbonyl (C=O) groups is 1. The van der Waals surface area contributed by atoms with Crippen molar-refractivity contribution in [3.8, 4) is 5.75 Å². The molecule has 178 valence electrons. The molecule has 0 unspecified atom stereocenters. The van der Waals surface area contributed by atoms with Crippen LogP contribution < -0.4 is 4.18 Å². The van der Waals surface area contributed by atoms with Crippen molar-refractivity contribution in [3.05, 3.63) is 99.4 Å². The van der Waals surface area contributed by atoms with Gasteiger partial charge in [0.15, 0.2) is 0 Å². The summed E-state index contributed by atoms with van der Waals surface area (Å²) >= 11 is 0. The SMILES string of the molecule is Cc1ccc(C(=O)N(Cc2ccc(OS(=O)(=O)c3ccc(F)cc3)cc2)C(C)C)cc1[N+](=O)[O-]. The van der Waals surface area contributed by atoms with Gasteiger partial charge in [-0.15, -0.1) is 0 Å². The highest BCUT2D eigenvalue weighted by molar-refractivity contribution is 7.87. The lowest BCUT2D eigenvalue weighted by molar-refractivity contribution is -0.385. The highest BCUT2D eigenvalue weighted by Gasteiger charge is 2.22. The van der Waals surface area contributed by atoms with Gasteiger partial charge in [-0.05, 0) is 68.8 Å². The largest absolute Gasteiger partial charge is 0.379 e. The van der Waals surface area contributed by atoms with E-state index in [-0.39, 0.29) is 40.4 Å². The number of amides is 1. The number of nitro benzene ring substituents is 1. The van der Waals surface area contributed by atoms with E-state index in [1.807, 2.05) is 13.8 Å². The average Bonchev–Trinajstić information content (AvgIpc) is 2.78. The molecule has 34 heavy (non-hydrogen) atoms. The van der Waals surface area contributed by atoms with E-state index in [0.717, 1.165) is 24.3 Å². The number of aryl methyl sites for hydroxylation is 1. The number of rotatable bonds is 8. The van der Waals surface area contributed by atoms with Crippen LogP contribution in [0.1, 0.15) is 35.3 Å². The predicted octanol–water partition coefficient (Wildman–Crippen LogP) is 4.86. The molecule has 0 heterocycles. The fourth-order valence-electron chi connectivity index (χ4n) is 3.22. The maximum atomic E-state index is 13.1. The zero-order valence-electron chi connectivity index (χ0n) is 18.8. The topological polar surface area (TPSA) is 107 Å². The van der Waals surface area contributed by atoms with Gasteiger partial charge in [-0.2, -0.15) is 8.42 Å². The Hall–Kier alpha value is -3.79. The van der Waals surface area contributed by atoms with Gasteiger partial charge in [0, 0.05) is 29.8 Å². The Morgan fingerprint density at radius 2 is 1.68 bits per heavy atom. The first-order valence-corrected chi connectivity index (χ1v) is 11.7. The van der Waals surface area contributed by atoms with Crippen LogP contribution in [0.5, 0.6) is 5.75 Å². The molecule has 3 rings (SSSR count). The van der Waals surface area contributed by atoms with E-state index in [2.05, 4.69) is 0 Å². The second kappa shape index (κ2) is 10.0. The van der Waals surface area contributed by atoms with Crippen molar-refractivity contribution >= 4 is 21.7 Å². The van der Waals surface area contributed by atoms with Gasteiger partial charge in [0.1, 0.15) is 16.5 Å². The minimum absolute atomic E-state index is 0.0599. The summed E-state index contributed by atoms with van der Waals surface area (Å²) in [6.07, 6.45) is 0. The van der Waals surface area contributed by atoms with E-state index < -0.39 is 20.9 Å². The predicted molar refractivity (Wildman–Crippen MR) is 123 cm³/mol. The minimum atomic E-state index is -4.13. The summed E-state index contributed by atoms with van der Waals surface area (Å²) in [7, 11) is -4.13. The zero-order valence-corrected chi connectivity index (χ0v) is 19.6. The van der Waals surface area contributed by atoms with Crippen LogP contribution in [-0.4, -0.2) is 30.2 Å². The maximum absolute atomic E-state index is 13.1. The third-order valence-corrected chi connectivity index (χ3v) is 6.38. The third kappa shape index (κ3) is 5.76. The number of hydrogen-bond donors (Lipinski definition) is 0. The summed E-state index contributed by atoms with van der Waals surface area (Å²) in [5.74, 6) is -0.866. The van der Waals surface area contributed by atoms with Gasteiger partial charge in [-0.25, -0.2) is 4.39 Å². The van der Waals surface area contributed by atoms with Gasteiger partial charge in [0.2, 0.25) is 0 Å². The molecule has 0 aliphatic rings. The van der Waals surface area contributed by atoms with Gasteiger partial charge in [-0.3, -0.25) is 14.9 Å². The van der Waals surface area contributed by atoms with E-state index in [9.17, 15) is 27.7 Å². The Morgan fingerprint density at radius 1 is 1.06 bits per heavy atom. The molecule has 0 N–H and O–H groups in total. The number of benzene rings is 3. The summed E-state index contributed by atoms with van der Waals surface area (Å²) in [5, 5.41) is 11.2. The number of halogens is 1. The van der Waals surface area contributed by atoms with E-state index in [4.69, 9.17) is 4.18 Å². The summed E-state index contributed by atoms with van der Waals surface area (Å²) < 4.78 is 42.9. The molecule has 3 aromatic carbocycles. The van der Waals surface area contributed by atoms with Gasteiger partial charge >= 0.3 is 10.1 Å². The van der Waals surface area contributed by atoms with Crippen molar-refractivity contribution in [2.24, 2.45) is 0 Å². The van der Waals surface area contributed by atoms with Crippen molar-refractivity contribution in [2.75, 3.05) is 0 Å². The van der Waals surface area contributed by atoms with Crippen molar-refractivity contribution in [1.29, 1.82) is 0 Å². The third-order valence-electron chi connectivity index (χ3n) is 5.12. The Bertz CT molecular complexity index is 1310. The Balaban J connectivity index is 1.77. The smallest absolute Gasteiger partial charge is 0.339 e. The molecule has 0 fully saturated rings.